The summed E-state index contributed by atoms with van der Waals surface area (Å²) < 4.78 is 45.8. The maximum absolute atomic E-state index is 13.0. The van der Waals surface area contributed by atoms with E-state index in [9.17, 15) is 18.3 Å². The van der Waals surface area contributed by atoms with Crippen molar-refractivity contribution in [1.29, 1.82) is 0 Å². The van der Waals surface area contributed by atoms with Crippen LogP contribution in [0.15, 0.2) is 73.2 Å². The number of ether oxygens (including phenoxy) is 1. The van der Waals surface area contributed by atoms with Crippen LogP contribution in [0.1, 0.15) is 16.7 Å². The van der Waals surface area contributed by atoms with E-state index in [0.717, 1.165) is 17.7 Å². The molecule has 0 spiro atoms. The summed E-state index contributed by atoms with van der Waals surface area (Å²) in [6, 6.07) is 15.5. The zero-order chi connectivity index (χ0) is 26.7. The second-order valence-corrected chi connectivity index (χ2v) is 8.57. The predicted octanol–water partition coefficient (Wildman–Crippen LogP) is 5.32. The highest BCUT2D eigenvalue weighted by molar-refractivity contribution is 5.85. The fraction of sp³-hybridized carbons (Fsp3) is 0.185. The van der Waals surface area contributed by atoms with Crippen molar-refractivity contribution in [3.8, 4) is 23.0 Å². The first kappa shape index (κ1) is 25.0. The Morgan fingerprint density at radius 3 is 2.32 bits per heavy atom. The topological polar surface area (TPSA) is 98.0 Å². The van der Waals surface area contributed by atoms with E-state index in [1.165, 1.54) is 19.2 Å². The number of fused-ring (bicyclic) bond motifs is 1. The molecule has 11 heteroatoms. The number of hydrogen-bond acceptors (Lipinski definition) is 7. The van der Waals surface area contributed by atoms with Crippen molar-refractivity contribution in [2.45, 2.75) is 19.1 Å². The van der Waals surface area contributed by atoms with E-state index in [0.29, 0.717) is 52.8 Å². The average Bonchev–Trinajstić information content (AvgIpc) is 3.32. The normalized spacial score (nSPS) is 11.6. The SMILES string of the molecule is COc1ccc(-c2nc(NCCc3ccc(O)cc3)c3ncn(Cc4ccc(C(F)(F)F)cc4)c3n2)cn1. The smallest absolute Gasteiger partial charge is 0.416 e. The minimum Gasteiger partial charge on any atom is -0.508 e. The maximum atomic E-state index is 13.0. The Kier molecular flexibility index (Phi) is 6.82. The van der Waals surface area contributed by atoms with Crippen molar-refractivity contribution in [3.63, 3.8) is 0 Å². The second kappa shape index (κ2) is 10.4. The summed E-state index contributed by atoms with van der Waals surface area (Å²) in [7, 11) is 1.53. The van der Waals surface area contributed by atoms with Crippen LogP contribution in [-0.2, 0) is 19.1 Å². The van der Waals surface area contributed by atoms with E-state index in [2.05, 4.69) is 20.3 Å². The number of alkyl halides is 3. The number of phenols is 1. The number of nitrogens with zero attached hydrogens (tertiary/aromatic N) is 5. The van der Waals surface area contributed by atoms with Gasteiger partial charge in [-0.1, -0.05) is 24.3 Å². The number of methoxy groups -OCH3 is 1. The number of aromatic nitrogens is 5. The number of rotatable bonds is 8. The number of pyridine rings is 1. The molecule has 38 heavy (non-hydrogen) atoms. The number of imidazole rings is 1. The summed E-state index contributed by atoms with van der Waals surface area (Å²) in [5, 5.41) is 12.8. The zero-order valence-electron chi connectivity index (χ0n) is 20.3. The standard InChI is InChI=1S/C27H23F3N6O2/c1-38-22-11-6-19(14-32-22)24-34-25(31-13-12-17-4-9-21(37)10-5-17)23-26(35-24)36(16-33-23)15-18-2-7-20(8-3-18)27(28,29)30/h2-11,14,16,37H,12-13,15H2,1H3,(H,31,34,35). The molecule has 0 aliphatic heterocycles. The van der Waals surface area contributed by atoms with Crippen molar-refractivity contribution < 1.29 is 23.0 Å². The van der Waals surface area contributed by atoms with Gasteiger partial charge in [-0.05, 0) is 47.9 Å². The number of benzene rings is 2. The highest BCUT2D eigenvalue weighted by Gasteiger charge is 2.30. The van der Waals surface area contributed by atoms with Crippen molar-refractivity contribution >= 4 is 17.0 Å². The first-order valence-electron chi connectivity index (χ1n) is 11.7. The largest absolute Gasteiger partial charge is 0.508 e. The fourth-order valence-electron chi connectivity index (χ4n) is 3.93. The molecule has 0 radical (unpaired) electrons. The van der Waals surface area contributed by atoms with Crippen LogP contribution in [0, 0.1) is 0 Å². The van der Waals surface area contributed by atoms with Gasteiger partial charge in [-0.3, -0.25) is 0 Å². The van der Waals surface area contributed by atoms with Gasteiger partial charge in [0.05, 0.1) is 25.5 Å². The Labute approximate surface area is 215 Å². The molecule has 0 bridgehead atoms. The molecule has 0 aliphatic carbocycles. The maximum Gasteiger partial charge on any atom is 0.416 e. The van der Waals surface area contributed by atoms with Crippen LogP contribution in [0.25, 0.3) is 22.6 Å². The van der Waals surface area contributed by atoms with Crippen LogP contribution >= 0.6 is 0 Å². The molecule has 3 heterocycles. The Morgan fingerprint density at radius 2 is 1.66 bits per heavy atom. The molecule has 2 aromatic carbocycles. The number of hydrogen-bond donors (Lipinski definition) is 2. The lowest BCUT2D eigenvalue weighted by atomic mass is 10.1. The molecule has 3 aromatic heterocycles. The van der Waals surface area contributed by atoms with Crippen LogP contribution in [0.3, 0.4) is 0 Å². The molecule has 5 rings (SSSR count). The van der Waals surface area contributed by atoms with Crippen LogP contribution in [0.4, 0.5) is 19.0 Å². The van der Waals surface area contributed by atoms with Gasteiger partial charge in [0.1, 0.15) is 11.3 Å². The monoisotopic (exact) mass is 520 g/mol. The van der Waals surface area contributed by atoms with E-state index >= 15 is 0 Å². The molecule has 0 amide bonds. The van der Waals surface area contributed by atoms with Gasteiger partial charge < -0.3 is 19.7 Å². The Bertz CT molecular complexity index is 1530. The minimum absolute atomic E-state index is 0.204. The summed E-state index contributed by atoms with van der Waals surface area (Å²) >= 11 is 0. The number of anilines is 1. The average molecular weight is 521 g/mol. The zero-order valence-corrected chi connectivity index (χ0v) is 20.3. The molecular formula is C27H23F3N6O2. The first-order valence-corrected chi connectivity index (χ1v) is 11.7. The summed E-state index contributed by atoms with van der Waals surface area (Å²) in [5.41, 5.74) is 2.73. The molecule has 0 atom stereocenters. The van der Waals surface area contributed by atoms with Crippen molar-refractivity contribution in [2.24, 2.45) is 0 Å². The number of aromatic hydroxyl groups is 1. The number of halogens is 3. The van der Waals surface area contributed by atoms with E-state index in [1.807, 2.05) is 12.1 Å². The summed E-state index contributed by atoms with van der Waals surface area (Å²) in [4.78, 5) is 18.1. The van der Waals surface area contributed by atoms with E-state index in [1.54, 1.807) is 41.4 Å². The van der Waals surface area contributed by atoms with Gasteiger partial charge >= 0.3 is 6.18 Å². The predicted molar refractivity (Wildman–Crippen MR) is 136 cm³/mol. The fourth-order valence-corrected chi connectivity index (χ4v) is 3.93. The summed E-state index contributed by atoms with van der Waals surface area (Å²) in [6.45, 7) is 0.821. The third kappa shape index (κ3) is 5.51. The van der Waals surface area contributed by atoms with Gasteiger partial charge in [-0.25, -0.2) is 19.9 Å². The van der Waals surface area contributed by atoms with Gasteiger partial charge in [0.25, 0.3) is 0 Å². The van der Waals surface area contributed by atoms with Crippen molar-refractivity contribution in [2.75, 3.05) is 19.0 Å². The van der Waals surface area contributed by atoms with E-state index < -0.39 is 11.7 Å². The first-order chi connectivity index (χ1) is 18.3. The van der Waals surface area contributed by atoms with Gasteiger partial charge in [0.15, 0.2) is 17.3 Å². The molecule has 0 saturated heterocycles. The summed E-state index contributed by atoms with van der Waals surface area (Å²) in [6.07, 6.45) is -0.512. The Hall–Kier alpha value is -4.67. The number of nitrogens with one attached hydrogen (secondary N) is 1. The second-order valence-electron chi connectivity index (χ2n) is 8.57. The third-order valence-corrected chi connectivity index (χ3v) is 5.94. The third-order valence-electron chi connectivity index (χ3n) is 5.94. The molecule has 0 fully saturated rings. The lowest BCUT2D eigenvalue weighted by Crippen LogP contribution is -2.09. The lowest BCUT2D eigenvalue weighted by molar-refractivity contribution is -0.137. The van der Waals surface area contributed by atoms with E-state index in [4.69, 9.17) is 9.72 Å². The van der Waals surface area contributed by atoms with Gasteiger partial charge in [-0.15, -0.1) is 0 Å². The Balaban J connectivity index is 1.47. The summed E-state index contributed by atoms with van der Waals surface area (Å²) in [5.74, 6) is 1.59. The van der Waals surface area contributed by atoms with Crippen LogP contribution < -0.4 is 10.1 Å². The number of phenolic OH excluding ortho intramolecular Hbond substituents is 1. The Morgan fingerprint density at radius 1 is 0.921 bits per heavy atom. The minimum atomic E-state index is -4.39. The van der Waals surface area contributed by atoms with Crippen LogP contribution in [0.5, 0.6) is 11.6 Å². The van der Waals surface area contributed by atoms with Gasteiger partial charge in [0.2, 0.25) is 5.88 Å². The highest BCUT2D eigenvalue weighted by atomic mass is 19.4. The highest BCUT2D eigenvalue weighted by Crippen LogP contribution is 2.30. The molecule has 5 aromatic rings. The van der Waals surface area contributed by atoms with Crippen LogP contribution in [0.2, 0.25) is 0 Å². The molecule has 0 saturated carbocycles. The van der Waals surface area contributed by atoms with Crippen LogP contribution in [-0.4, -0.2) is 43.3 Å². The van der Waals surface area contributed by atoms with Gasteiger partial charge in [0, 0.05) is 24.4 Å². The van der Waals surface area contributed by atoms with Crippen molar-refractivity contribution in [1.82, 2.24) is 24.5 Å². The molecular weight excluding hydrogens is 497 g/mol. The molecule has 8 nitrogen and oxygen atoms in total. The molecule has 2 N–H and O–H groups in total. The van der Waals surface area contributed by atoms with Crippen molar-refractivity contribution in [3.05, 3.63) is 89.9 Å². The molecule has 0 aliphatic rings. The molecule has 0 unspecified atom stereocenters. The lowest BCUT2D eigenvalue weighted by Gasteiger charge is -2.11. The van der Waals surface area contributed by atoms with Gasteiger partial charge in [-0.2, -0.15) is 13.2 Å². The van der Waals surface area contributed by atoms with E-state index in [-0.39, 0.29) is 12.3 Å². The quantitative estimate of drug-likeness (QED) is 0.286. The molecule has 194 valence electrons.